The van der Waals surface area contributed by atoms with Crippen LogP contribution in [-0.2, 0) is 9.68 Å². The van der Waals surface area contributed by atoms with Gasteiger partial charge in [0.25, 0.3) is 0 Å². The first-order valence-corrected chi connectivity index (χ1v) is 5.93. The van der Waals surface area contributed by atoms with Gasteiger partial charge in [-0.3, -0.25) is 9.68 Å². The van der Waals surface area contributed by atoms with Gasteiger partial charge in [0.2, 0.25) is 0 Å². The van der Waals surface area contributed by atoms with E-state index in [4.69, 9.17) is 9.68 Å². The molecule has 2 aliphatic rings. The molecule has 0 aliphatic carbocycles. The van der Waals surface area contributed by atoms with Gasteiger partial charge in [-0.15, -0.1) is 0 Å². The summed E-state index contributed by atoms with van der Waals surface area (Å²) in [6, 6.07) is 10.4. The van der Waals surface area contributed by atoms with Crippen LogP contribution >= 0.6 is 0 Å². The van der Waals surface area contributed by atoms with E-state index in [1.165, 1.54) is 5.56 Å². The number of hydrogen-bond acceptors (Lipinski definition) is 3. The number of fused-ring (bicyclic) bond motifs is 1. The summed E-state index contributed by atoms with van der Waals surface area (Å²) in [6.07, 6.45) is 3.43. The Morgan fingerprint density at radius 1 is 1.31 bits per heavy atom. The second-order valence-electron chi connectivity index (χ2n) is 4.90. The van der Waals surface area contributed by atoms with Crippen molar-refractivity contribution >= 4 is 0 Å². The summed E-state index contributed by atoms with van der Waals surface area (Å²) in [7, 11) is 0. The molecule has 0 amide bonds. The van der Waals surface area contributed by atoms with Crippen molar-refractivity contribution in [2.24, 2.45) is 0 Å². The summed E-state index contributed by atoms with van der Waals surface area (Å²) in [4.78, 5) is 11.4. The molecular formula is C13H17NO2. The van der Waals surface area contributed by atoms with Crippen LogP contribution in [0.15, 0.2) is 30.3 Å². The van der Waals surface area contributed by atoms with Crippen molar-refractivity contribution in [3.63, 3.8) is 0 Å². The predicted molar refractivity (Wildman–Crippen MR) is 60.3 cm³/mol. The SMILES string of the molecule is C[C@]12CCCON1O[C@H](c1ccccc1)C2. The van der Waals surface area contributed by atoms with Gasteiger partial charge in [-0.1, -0.05) is 35.6 Å². The van der Waals surface area contributed by atoms with Crippen molar-refractivity contribution in [1.82, 2.24) is 5.23 Å². The normalized spacial score (nSPS) is 34.9. The number of rotatable bonds is 1. The summed E-state index contributed by atoms with van der Waals surface area (Å²) in [5.41, 5.74) is 1.29. The van der Waals surface area contributed by atoms with Crippen LogP contribution in [0.1, 0.15) is 37.9 Å². The van der Waals surface area contributed by atoms with Gasteiger partial charge in [0.15, 0.2) is 0 Å². The molecule has 0 saturated carbocycles. The molecule has 2 heterocycles. The smallest absolute Gasteiger partial charge is 0.109 e. The van der Waals surface area contributed by atoms with Gasteiger partial charge < -0.3 is 0 Å². The molecule has 3 heteroatoms. The van der Waals surface area contributed by atoms with Gasteiger partial charge in [-0.25, -0.2) is 0 Å². The molecule has 0 spiro atoms. The summed E-state index contributed by atoms with van der Waals surface area (Å²) < 4.78 is 0. The molecule has 2 atom stereocenters. The summed E-state index contributed by atoms with van der Waals surface area (Å²) in [5, 5.41) is 1.73. The fourth-order valence-electron chi connectivity index (χ4n) is 2.58. The molecule has 1 aromatic rings. The molecule has 0 bridgehead atoms. The van der Waals surface area contributed by atoms with E-state index >= 15 is 0 Å². The Labute approximate surface area is 95.9 Å². The quantitative estimate of drug-likeness (QED) is 0.725. The molecule has 3 rings (SSSR count). The average molecular weight is 219 g/mol. The Balaban J connectivity index is 1.82. The Morgan fingerprint density at radius 2 is 2.12 bits per heavy atom. The third-order valence-electron chi connectivity index (χ3n) is 3.53. The van der Waals surface area contributed by atoms with E-state index in [0.29, 0.717) is 0 Å². The monoisotopic (exact) mass is 219 g/mol. The lowest BCUT2D eigenvalue weighted by Crippen LogP contribution is -2.43. The Kier molecular flexibility index (Phi) is 2.46. The van der Waals surface area contributed by atoms with Gasteiger partial charge in [0, 0.05) is 6.42 Å². The highest BCUT2D eigenvalue weighted by molar-refractivity contribution is 5.19. The van der Waals surface area contributed by atoms with Crippen LogP contribution < -0.4 is 0 Å². The predicted octanol–water partition coefficient (Wildman–Crippen LogP) is 2.85. The summed E-state index contributed by atoms with van der Waals surface area (Å²) in [6.45, 7) is 2.99. The van der Waals surface area contributed by atoms with Crippen molar-refractivity contribution < 1.29 is 9.68 Å². The van der Waals surface area contributed by atoms with Crippen LogP contribution in [-0.4, -0.2) is 17.4 Å². The first-order chi connectivity index (χ1) is 7.78. The molecule has 3 nitrogen and oxygen atoms in total. The number of benzene rings is 1. The Hall–Kier alpha value is -0.900. The molecule has 0 radical (unpaired) electrons. The molecule has 2 saturated heterocycles. The van der Waals surface area contributed by atoms with E-state index in [-0.39, 0.29) is 11.6 Å². The number of hydroxylamine groups is 2. The summed E-state index contributed by atoms with van der Waals surface area (Å²) >= 11 is 0. The van der Waals surface area contributed by atoms with Crippen molar-refractivity contribution in [3.8, 4) is 0 Å². The maximum atomic E-state index is 5.87. The molecule has 16 heavy (non-hydrogen) atoms. The minimum atomic E-state index is 0.0543. The summed E-state index contributed by atoms with van der Waals surface area (Å²) in [5.74, 6) is 0. The van der Waals surface area contributed by atoms with E-state index in [1.807, 2.05) is 6.07 Å². The lowest BCUT2D eigenvalue weighted by atomic mass is 9.88. The number of hydrogen-bond donors (Lipinski definition) is 0. The fourth-order valence-corrected chi connectivity index (χ4v) is 2.58. The van der Waals surface area contributed by atoms with Gasteiger partial charge in [-0.2, -0.15) is 0 Å². The standard InChI is InChI=1S/C13H17NO2/c1-13-8-5-9-15-14(13)16-12(10-13)11-6-3-2-4-7-11/h2-4,6-7,12H,5,8-10H2,1H3/t12-,13+/m0/s1. The van der Waals surface area contributed by atoms with E-state index in [9.17, 15) is 0 Å². The second-order valence-corrected chi connectivity index (χ2v) is 4.90. The highest BCUT2D eigenvalue weighted by atomic mass is 17.0. The zero-order valence-electron chi connectivity index (χ0n) is 9.56. The Morgan fingerprint density at radius 3 is 2.88 bits per heavy atom. The fraction of sp³-hybridized carbons (Fsp3) is 0.538. The zero-order valence-corrected chi connectivity index (χ0v) is 9.56. The highest BCUT2D eigenvalue weighted by Crippen LogP contribution is 2.44. The van der Waals surface area contributed by atoms with E-state index in [0.717, 1.165) is 25.9 Å². The van der Waals surface area contributed by atoms with Crippen LogP contribution in [0.5, 0.6) is 0 Å². The maximum Gasteiger partial charge on any atom is 0.109 e. The van der Waals surface area contributed by atoms with Gasteiger partial charge in [-0.05, 0) is 25.3 Å². The van der Waals surface area contributed by atoms with Crippen LogP contribution in [0.3, 0.4) is 0 Å². The van der Waals surface area contributed by atoms with Crippen molar-refractivity contribution in [2.75, 3.05) is 6.61 Å². The lowest BCUT2D eigenvalue weighted by Gasteiger charge is -2.35. The first kappa shape index (κ1) is 10.3. The van der Waals surface area contributed by atoms with Crippen molar-refractivity contribution in [3.05, 3.63) is 35.9 Å². The van der Waals surface area contributed by atoms with Crippen molar-refractivity contribution in [2.45, 2.75) is 37.8 Å². The average Bonchev–Trinajstić information content (AvgIpc) is 2.67. The third kappa shape index (κ3) is 1.65. The zero-order chi connectivity index (χ0) is 11.0. The molecule has 2 fully saturated rings. The second kappa shape index (κ2) is 3.84. The first-order valence-electron chi connectivity index (χ1n) is 5.93. The minimum Gasteiger partial charge on any atom is -0.274 e. The molecule has 0 N–H and O–H groups in total. The molecule has 0 unspecified atom stereocenters. The molecule has 86 valence electrons. The number of nitrogens with zero attached hydrogens (tertiary/aromatic N) is 1. The van der Waals surface area contributed by atoms with Gasteiger partial charge in [0.05, 0.1) is 12.1 Å². The largest absolute Gasteiger partial charge is 0.274 e. The topological polar surface area (TPSA) is 21.7 Å². The third-order valence-corrected chi connectivity index (χ3v) is 3.53. The molecule has 2 aliphatic heterocycles. The highest BCUT2D eigenvalue weighted by Gasteiger charge is 2.46. The van der Waals surface area contributed by atoms with E-state index < -0.39 is 0 Å². The van der Waals surface area contributed by atoms with Gasteiger partial charge in [0.1, 0.15) is 6.10 Å². The van der Waals surface area contributed by atoms with Gasteiger partial charge >= 0.3 is 0 Å². The van der Waals surface area contributed by atoms with Crippen LogP contribution in [0.2, 0.25) is 0 Å². The molecule has 1 aromatic carbocycles. The van der Waals surface area contributed by atoms with Crippen LogP contribution in [0, 0.1) is 0 Å². The van der Waals surface area contributed by atoms with E-state index in [1.54, 1.807) is 5.23 Å². The Bertz CT molecular complexity index is 367. The van der Waals surface area contributed by atoms with E-state index in [2.05, 4.69) is 31.2 Å². The lowest BCUT2D eigenvalue weighted by molar-refractivity contribution is -0.402. The minimum absolute atomic E-state index is 0.0543. The molecule has 0 aromatic heterocycles. The maximum absolute atomic E-state index is 5.87. The van der Waals surface area contributed by atoms with Crippen LogP contribution in [0.25, 0.3) is 0 Å². The molecular weight excluding hydrogens is 202 g/mol. The van der Waals surface area contributed by atoms with Crippen LogP contribution in [0.4, 0.5) is 0 Å². The van der Waals surface area contributed by atoms with Crippen molar-refractivity contribution in [1.29, 1.82) is 0 Å².